The quantitative estimate of drug-likeness (QED) is 0.688. The summed E-state index contributed by atoms with van der Waals surface area (Å²) >= 11 is 0. The van der Waals surface area contributed by atoms with E-state index in [1.165, 1.54) is 0 Å². The molecule has 2 amide bonds. The van der Waals surface area contributed by atoms with Crippen molar-refractivity contribution >= 4 is 6.03 Å². The van der Waals surface area contributed by atoms with Gasteiger partial charge in [0.05, 0.1) is 12.7 Å². The number of carbonyl (C=O) groups is 1. The Morgan fingerprint density at radius 3 is 2.63 bits per heavy atom. The van der Waals surface area contributed by atoms with Crippen LogP contribution in [0, 0.1) is 5.41 Å². The topological polar surface area (TPSA) is 70.6 Å². The van der Waals surface area contributed by atoms with Crippen molar-refractivity contribution < 1.29 is 14.6 Å². The lowest BCUT2D eigenvalue weighted by Crippen LogP contribution is -2.45. The zero-order valence-electron chi connectivity index (χ0n) is 12.4. The van der Waals surface area contributed by atoms with E-state index in [0.29, 0.717) is 25.0 Å². The molecule has 1 rings (SSSR count). The van der Waals surface area contributed by atoms with Gasteiger partial charge < -0.3 is 20.5 Å². The van der Waals surface area contributed by atoms with Gasteiger partial charge in [-0.25, -0.2) is 4.79 Å². The maximum atomic E-state index is 11.7. The van der Waals surface area contributed by atoms with Gasteiger partial charge in [0, 0.05) is 19.7 Å². The van der Waals surface area contributed by atoms with Crippen LogP contribution in [0.4, 0.5) is 4.79 Å². The van der Waals surface area contributed by atoms with Crippen molar-refractivity contribution in [1.82, 2.24) is 10.6 Å². The second kappa shape index (κ2) is 7.70. The first kappa shape index (κ1) is 16.2. The molecule has 0 aromatic heterocycles. The molecule has 5 nitrogen and oxygen atoms in total. The molecule has 1 aliphatic rings. The van der Waals surface area contributed by atoms with E-state index >= 15 is 0 Å². The second-order valence-electron chi connectivity index (χ2n) is 6.24. The Bertz CT molecular complexity index is 272. The van der Waals surface area contributed by atoms with E-state index in [2.05, 4.69) is 24.5 Å². The molecule has 1 fully saturated rings. The Kier molecular flexibility index (Phi) is 6.58. The minimum absolute atomic E-state index is 0.130. The monoisotopic (exact) mass is 272 g/mol. The van der Waals surface area contributed by atoms with E-state index in [-0.39, 0.29) is 12.1 Å². The zero-order chi connectivity index (χ0) is 14.3. The van der Waals surface area contributed by atoms with Crippen LogP contribution in [0.5, 0.6) is 0 Å². The molecule has 1 atom stereocenters. The highest BCUT2D eigenvalue weighted by Gasteiger charge is 2.27. The van der Waals surface area contributed by atoms with E-state index in [1.54, 1.807) is 7.11 Å². The number of urea groups is 1. The summed E-state index contributed by atoms with van der Waals surface area (Å²) in [4.78, 5) is 11.7. The minimum Gasteiger partial charge on any atom is -0.391 e. The highest BCUT2D eigenvalue weighted by molar-refractivity contribution is 5.74. The molecule has 0 aliphatic heterocycles. The van der Waals surface area contributed by atoms with Crippen LogP contribution in [-0.2, 0) is 4.74 Å². The van der Waals surface area contributed by atoms with Crippen LogP contribution in [0.2, 0.25) is 0 Å². The normalized spacial score (nSPS) is 20.8. The van der Waals surface area contributed by atoms with Gasteiger partial charge in [0.25, 0.3) is 0 Å². The average Bonchev–Trinajstić information content (AvgIpc) is 2.32. The predicted octanol–water partition coefficient (Wildman–Crippen LogP) is 1.65. The Balaban J connectivity index is 2.11. The summed E-state index contributed by atoms with van der Waals surface area (Å²) < 4.78 is 4.82. The third kappa shape index (κ3) is 6.78. The largest absolute Gasteiger partial charge is 0.391 e. The number of nitrogens with one attached hydrogen (secondary N) is 2. The van der Waals surface area contributed by atoms with Gasteiger partial charge >= 0.3 is 6.03 Å². The summed E-state index contributed by atoms with van der Waals surface area (Å²) in [6.45, 7) is 5.33. The highest BCUT2D eigenvalue weighted by atomic mass is 16.5. The molecule has 0 saturated heterocycles. The molecule has 3 N–H and O–H groups in total. The average molecular weight is 272 g/mol. The Labute approximate surface area is 116 Å². The second-order valence-corrected chi connectivity index (χ2v) is 6.24. The van der Waals surface area contributed by atoms with Crippen molar-refractivity contribution in [2.24, 2.45) is 5.41 Å². The molecule has 0 aromatic carbocycles. The van der Waals surface area contributed by atoms with E-state index < -0.39 is 6.10 Å². The van der Waals surface area contributed by atoms with Crippen molar-refractivity contribution in [1.29, 1.82) is 0 Å². The molecule has 0 spiro atoms. The van der Waals surface area contributed by atoms with Gasteiger partial charge in [-0.05, 0) is 37.5 Å². The highest BCUT2D eigenvalue weighted by Crippen LogP contribution is 2.34. The molecule has 1 aliphatic carbocycles. The Morgan fingerprint density at radius 2 is 2.05 bits per heavy atom. The van der Waals surface area contributed by atoms with Gasteiger partial charge in [0.15, 0.2) is 0 Å². The molecule has 5 heteroatoms. The molecule has 112 valence electrons. The molecule has 0 radical (unpaired) electrons. The fourth-order valence-electron chi connectivity index (χ4n) is 2.41. The fourth-order valence-corrected chi connectivity index (χ4v) is 2.41. The van der Waals surface area contributed by atoms with E-state index in [1.807, 2.05) is 0 Å². The van der Waals surface area contributed by atoms with Gasteiger partial charge in [0.2, 0.25) is 0 Å². The maximum Gasteiger partial charge on any atom is 0.315 e. The van der Waals surface area contributed by atoms with Crippen molar-refractivity contribution in [3.63, 3.8) is 0 Å². The van der Waals surface area contributed by atoms with Crippen molar-refractivity contribution in [3.05, 3.63) is 0 Å². The summed E-state index contributed by atoms with van der Waals surface area (Å²) in [5.74, 6) is 0. The lowest BCUT2D eigenvalue weighted by atomic mass is 9.76. The summed E-state index contributed by atoms with van der Waals surface area (Å²) in [7, 11) is 1.55. The minimum atomic E-state index is -0.513. The van der Waals surface area contributed by atoms with Gasteiger partial charge in [-0.2, -0.15) is 0 Å². The third-order valence-electron chi connectivity index (χ3n) is 3.80. The van der Waals surface area contributed by atoms with Crippen LogP contribution in [0.3, 0.4) is 0 Å². The number of methoxy groups -OCH3 is 1. The number of hydrogen-bond acceptors (Lipinski definition) is 3. The van der Waals surface area contributed by atoms with E-state index in [4.69, 9.17) is 4.74 Å². The number of aliphatic hydroxyl groups excluding tert-OH is 1. The molecule has 19 heavy (non-hydrogen) atoms. The van der Waals surface area contributed by atoms with Crippen LogP contribution >= 0.6 is 0 Å². The summed E-state index contributed by atoms with van der Waals surface area (Å²) in [5.41, 5.74) is 0.416. The number of aliphatic hydroxyl groups is 1. The lowest BCUT2D eigenvalue weighted by Gasteiger charge is -2.34. The lowest BCUT2D eigenvalue weighted by molar-refractivity contribution is 0.0598. The molecule has 0 unspecified atom stereocenters. The summed E-state index contributed by atoms with van der Waals surface area (Å²) in [6, 6.07) is 0.159. The first-order valence-electron chi connectivity index (χ1n) is 7.14. The molecule has 1 saturated carbocycles. The molecular weight excluding hydrogens is 244 g/mol. The van der Waals surface area contributed by atoms with Crippen molar-refractivity contribution in [2.75, 3.05) is 20.3 Å². The van der Waals surface area contributed by atoms with Gasteiger partial charge in [-0.1, -0.05) is 13.8 Å². The molecule has 0 bridgehead atoms. The van der Waals surface area contributed by atoms with Crippen LogP contribution in [0.1, 0.15) is 46.0 Å². The number of carbonyl (C=O) groups excluding carboxylic acids is 1. The maximum absolute atomic E-state index is 11.7. The van der Waals surface area contributed by atoms with Crippen LogP contribution in [-0.4, -0.2) is 43.5 Å². The Morgan fingerprint density at radius 1 is 1.42 bits per heavy atom. The standard InChI is InChI=1S/C14H28N2O3/c1-14(2)7-4-11(5-8-14)16-13(18)15-9-6-12(17)10-19-3/h11-12,17H,4-10H2,1-3H3,(H2,15,16,18)/t12-/m1/s1. The van der Waals surface area contributed by atoms with Crippen molar-refractivity contribution in [2.45, 2.75) is 58.1 Å². The summed E-state index contributed by atoms with van der Waals surface area (Å²) in [5, 5.41) is 15.2. The van der Waals surface area contributed by atoms with Crippen LogP contribution < -0.4 is 10.6 Å². The fraction of sp³-hybridized carbons (Fsp3) is 0.929. The molecule has 0 heterocycles. The number of amides is 2. The van der Waals surface area contributed by atoms with Crippen LogP contribution in [0.15, 0.2) is 0 Å². The van der Waals surface area contributed by atoms with E-state index in [0.717, 1.165) is 25.7 Å². The van der Waals surface area contributed by atoms with Crippen molar-refractivity contribution in [3.8, 4) is 0 Å². The number of rotatable bonds is 6. The zero-order valence-corrected chi connectivity index (χ0v) is 12.4. The third-order valence-corrected chi connectivity index (χ3v) is 3.80. The SMILES string of the molecule is COC[C@H](O)CCNC(=O)NC1CCC(C)(C)CC1. The predicted molar refractivity (Wildman–Crippen MR) is 75.1 cm³/mol. The first-order chi connectivity index (χ1) is 8.93. The number of hydrogen-bond donors (Lipinski definition) is 3. The van der Waals surface area contributed by atoms with Gasteiger partial charge in [-0.15, -0.1) is 0 Å². The Hall–Kier alpha value is -0.810. The molecular formula is C14H28N2O3. The van der Waals surface area contributed by atoms with E-state index in [9.17, 15) is 9.90 Å². The van der Waals surface area contributed by atoms with Gasteiger partial charge in [0.1, 0.15) is 0 Å². The number of ether oxygens (including phenoxy) is 1. The van der Waals surface area contributed by atoms with Gasteiger partial charge in [-0.3, -0.25) is 0 Å². The smallest absolute Gasteiger partial charge is 0.315 e. The first-order valence-corrected chi connectivity index (χ1v) is 7.14. The molecule has 0 aromatic rings. The van der Waals surface area contributed by atoms with Crippen LogP contribution in [0.25, 0.3) is 0 Å². The summed E-state index contributed by atoms with van der Waals surface area (Å²) in [6.07, 6.45) is 4.41.